The zero-order chi connectivity index (χ0) is 17.8. The molecule has 3 nitrogen and oxygen atoms in total. The minimum atomic E-state index is 0.237. The molecule has 0 spiro atoms. The second kappa shape index (κ2) is 8.15. The lowest BCUT2D eigenvalue weighted by Gasteiger charge is -2.29. The maximum Gasteiger partial charge on any atom is 0.227 e. The van der Waals surface area contributed by atoms with Crippen molar-refractivity contribution in [1.82, 2.24) is 0 Å². The summed E-state index contributed by atoms with van der Waals surface area (Å²) in [4.78, 5) is 14.0. The largest absolute Gasteiger partial charge is 0.329 e. The number of benzene rings is 2. The summed E-state index contributed by atoms with van der Waals surface area (Å²) in [6.07, 6.45) is 2.40. The normalized spacial score (nSPS) is 13.7. The molecule has 0 saturated carbocycles. The summed E-state index contributed by atoms with van der Waals surface area (Å²) < 4.78 is 3.41. The van der Waals surface area contributed by atoms with Crippen molar-refractivity contribution in [1.29, 1.82) is 0 Å². The Morgan fingerprint density at radius 3 is 2.80 bits per heavy atom. The van der Waals surface area contributed by atoms with Gasteiger partial charge >= 0.3 is 0 Å². The van der Waals surface area contributed by atoms with Crippen LogP contribution in [0.5, 0.6) is 0 Å². The lowest BCUT2D eigenvalue weighted by molar-refractivity contribution is -0.118. The van der Waals surface area contributed by atoms with Crippen molar-refractivity contribution in [3.8, 4) is 0 Å². The Kier molecular flexibility index (Phi) is 5.92. The van der Waals surface area contributed by atoms with Crippen LogP contribution in [-0.4, -0.2) is 12.5 Å². The molecular formula is C20H23ClN2OS. The first-order chi connectivity index (χ1) is 12.1. The monoisotopic (exact) mass is 374 g/mol. The van der Waals surface area contributed by atoms with E-state index in [0.717, 1.165) is 47.1 Å². The van der Waals surface area contributed by atoms with Crippen LogP contribution < -0.4 is 9.62 Å². The average molecular weight is 375 g/mol. The van der Waals surface area contributed by atoms with Gasteiger partial charge in [-0.15, -0.1) is 0 Å². The number of carbonyl (C=O) groups excluding carboxylic acids is 1. The summed E-state index contributed by atoms with van der Waals surface area (Å²) in [6, 6.07) is 12.5. The van der Waals surface area contributed by atoms with Crippen molar-refractivity contribution >= 4 is 40.8 Å². The number of hydrogen-bond donors (Lipinski definition) is 1. The van der Waals surface area contributed by atoms with Crippen molar-refractivity contribution in [3.63, 3.8) is 0 Å². The van der Waals surface area contributed by atoms with Crippen molar-refractivity contribution < 1.29 is 4.79 Å². The van der Waals surface area contributed by atoms with Gasteiger partial charge in [-0.1, -0.05) is 30.7 Å². The van der Waals surface area contributed by atoms with E-state index in [9.17, 15) is 4.79 Å². The van der Waals surface area contributed by atoms with Crippen LogP contribution in [0.2, 0.25) is 5.02 Å². The fourth-order valence-electron chi connectivity index (χ4n) is 3.02. The van der Waals surface area contributed by atoms with E-state index < -0.39 is 0 Å². The van der Waals surface area contributed by atoms with E-state index in [1.807, 2.05) is 17.9 Å². The lowest BCUT2D eigenvalue weighted by atomic mass is 10.0. The van der Waals surface area contributed by atoms with Gasteiger partial charge < -0.3 is 9.62 Å². The fraction of sp³-hybridized carbons (Fsp3) is 0.350. The van der Waals surface area contributed by atoms with Crippen LogP contribution in [0.1, 0.15) is 36.5 Å². The molecule has 1 amide bonds. The predicted molar refractivity (Wildman–Crippen MR) is 109 cm³/mol. The molecular weight excluding hydrogens is 352 g/mol. The third-order valence-electron chi connectivity index (χ3n) is 4.39. The lowest BCUT2D eigenvalue weighted by Crippen LogP contribution is -2.35. The third kappa shape index (κ3) is 4.31. The van der Waals surface area contributed by atoms with Gasteiger partial charge in [-0.05, 0) is 72.7 Å². The summed E-state index contributed by atoms with van der Waals surface area (Å²) in [5.41, 5.74) is 5.69. The summed E-state index contributed by atoms with van der Waals surface area (Å²) in [6.45, 7) is 4.91. The molecule has 0 fully saturated rings. The molecule has 5 heteroatoms. The Morgan fingerprint density at radius 2 is 2.04 bits per heavy atom. The average Bonchev–Trinajstić information content (AvgIpc) is 2.60. The fourth-order valence-corrected chi connectivity index (χ4v) is 3.94. The van der Waals surface area contributed by atoms with E-state index in [0.29, 0.717) is 6.42 Å². The first-order valence-corrected chi connectivity index (χ1v) is 10.0. The van der Waals surface area contributed by atoms with Crippen molar-refractivity contribution in [2.75, 3.05) is 16.2 Å². The molecule has 0 aromatic heterocycles. The molecule has 25 heavy (non-hydrogen) atoms. The first-order valence-electron chi connectivity index (χ1n) is 8.64. The molecule has 0 unspecified atom stereocenters. The molecule has 132 valence electrons. The molecule has 1 aliphatic rings. The van der Waals surface area contributed by atoms with Gasteiger partial charge in [0.1, 0.15) is 0 Å². The molecule has 2 aromatic rings. The van der Waals surface area contributed by atoms with Crippen LogP contribution in [0.4, 0.5) is 11.4 Å². The Labute approximate surface area is 158 Å². The maximum atomic E-state index is 12.1. The Morgan fingerprint density at radius 1 is 1.20 bits per heavy atom. The van der Waals surface area contributed by atoms with Crippen LogP contribution in [0.15, 0.2) is 36.4 Å². The molecule has 3 rings (SSSR count). The highest BCUT2D eigenvalue weighted by atomic mass is 35.5. The number of carbonyl (C=O) groups is 1. The van der Waals surface area contributed by atoms with Crippen LogP contribution in [0.3, 0.4) is 0 Å². The smallest absolute Gasteiger partial charge is 0.227 e. The number of fused-ring (bicyclic) bond motifs is 1. The second-order valence-electron chi connectivity index (χ2n) is 6.36. The first kappa shape index (κ1) is 18.2. The highest BCUT2D eigenvalue weighted by Crippen LogP contribution is 2.31. The van der Waals surface area contributed by atoms with Gasteiger partial charge in [0.15, 0.2) is 0 Å². The third-order valence-corrected chi connectivity index (χ3v) is 5.66. The zero-order valence-electron chi connectivity index (χ0n) is 14.6. The van der Waals surface area contributed by atoms with Gasteiger partial charge in [0.05, 0.1) is 0 Å². The van der Waals surface area contributed by atoms with Crippen LogP contribution in [0, 0.1) is 6.92 Å². The number of halogens is 1. The maximum absolute atomic E-state index is 12.1. The van der Waals surface area contributed by atoms with Gasteiger partial charge in [0, 0.05) is 35.1 Å². The second-order valence-corrected chi connectivity index (χ2v) is 7.55. The number of anilines is 2. The summed E-state index contributed by atoms with van der Waals surface area (Å²) in [5, 5.41) is 0.813. The molecule has 0 radical (unpaired) electrons. The summed E-state index contributed by atoms with van der Waals surface area (Å²) in [7, 11) is 0. The van der Waals surface area contributed by atoms with Gasteiger partial charge in [-0.2, -0.15) is 0 Å². The van der Waals surface area contributed by atoms with Crippen molar-refractivity contribution in [2.45, 2.75) is 38.9 Å². The molecule has 0 atom stereocenters. The van der Waals surface area contributed by atoms with Gasteiger partial charge in [-0.25, -0.2) is 0 Å². The number of aryl methyl sites for hydroxylation is 2. The number of nitrogens with one attached hydrogen (secondary N) is 1. The molecule has 0 saturated heterocycles. The highest BCUT2D eigenvalue weighted by molar-refractivity contribution is 7.99. The number of nitrogens with zero attached hydrogens (tertiary/aromatic N) is 1. The summed E-state index contributed by atoms with van der Waals surface area (Å²) >= 11 is 7.83. The predicted octanol–water partition coefficient (Wildman–Crippen LogP) is 5.60. The molecule has 0 bridgehead atoms. The Hall–Kier alpha value is -1.65. The quantitative estimate of drug-likeness (QED) is 0.668. The minimum Gasteiger partial charge on any atom is -0.329 e. The topological polar surface area (TPSA) is 32.3 Å². The van der Waals surface area contributed by atoms with Gasteiger partial charge in [-0.3, -0.25) is 4.79 Å². The Balaban J connectivity index is 1.64. The van der Waals surface area contributed by atoms with Crippen LogP contribution in [-0.2, 0) is 17.0 Å². The molecule has 0 aliphatic carbocycles. The van der Waals surface area contributed by atoms with E-state index in [-0.39, 0.29) is 5.91 Å². The minimum absolute atomic E-state index is 0.237. The zero-order valence-corrected chi connectivity index (χ0v) is 16.2. The van der Waals surface area contributed by atoms with Crippen molar-refractivity contribution in [3.05, 3.63) is 58.1 Å². The number of hydrogen-bond acceptors (Lipinski definition) is 3. The van der Waals surface area contributed by atoms with E-state index in [2.05, 4.69) is 42.0 Å². The van der Waals surface area contributed by atoms with Crippen LogP contribution in [0.25, 0.3) is 0 Å². The molecule has 2 aromatic carbocycles. The van der Waals surface area contributed by atoms with E-state index in [4.69, 9.17) is 11.6 Å². The Bertz CT molecular complexity index is 778. The summed E-state index contributed by atoms with van der Waals surface area (Å²) in [5.74, 6) is 1.08. The molecule has 1 aliphatic heterocycles. The van der Waals surface area contributed by atoms with Gasteiger partial charge in [0.25, 0.3) is 0 Å². The highest BCUT2D eigenvalue weighted by Gasteiger charge is 2.23. The van der Waals surface area contributed by atoms with E-state index in [1.165, 1.54) is 11.1 Å². The van der Waals surface area contributed by atoms with Gasteiger partial charge in [0.2, 0.25) is 5.91 Å². The standard InChI is InChI=1S/C20H23ClN2OS/c1-3-10-23-19-8-7-17(12-16(19)6-9-20(23)24)22-25-13-15-5-4-14(2)18(21)11-15/h4-5,7-8,11-12,22H,3,6,9-10,13H2,1-2H3. The molecule has 1 heterocycles. The van der Waals surface area contributed by atoms with Crippen molar-refractivity contribution in [2.24, 2.45) is 0 Å². The molecule has 1 N–H and O–H groups in total. The van der Waals surface area contributed by atoms with E-state index in [1.54, 1.807) is 11.9 Å². The SMILES string of the molecule is CCCN1C(=O)CCc2cc(NSCc3ccc(C)c(Cl)c3)ccc21. The number of amides is 1. The van der Waals surface area contributed by atoms with Crippen LogP contribution >= 0.6 is 23.5 Å². The van der Waals surface area contributed by atoms with E-state index >= 15 is 0 Å². The number of rotatable bonds is 6.